The third-order valence-corrected chi connectivity index (χ3v) is 4.48. The first-order valence-electron chi connectivity index (χ1n) is 6.62. The second-order valence-corrected chi connectivity index (χ2v) is 5.47. The minimum absolute atomic E-state index is 0.255. The fourth-order valence-electron chi connectivity index (χ4n) is 3.57. The number of rotatable bonds is 5. The molecule has 4 nitrogen and oxygen atoms in total. The molecular weight excluding hydrogens is 218 g/mol. The highest BCUT2D eigenvalue weighted by Gasteiger charge is 2.48. The SMILES string of the molecule is COCCC(C)N1CC2CCCC2C1C(=O)O. The Balaban J connectivity index is 2.03. The van der Waals surface area contributed by atoms with Crippen molar-refractivity contribution in [1.29, 1.82) is 0 Å². The van der Waals surface area contributed by atoms with Crippen molar-refractivity contribution in [1.82, 2.24) is 4.90 Å². The number of carboxylic acid groups (broad SMARTS) is 1. The Hall–Kier alpha value is -0.610. The minimum atomic E-state index is -0.635. The molecule has 0 radical (unpaired) electrons. The highest BCUT2D eigenvalue weighted by atomic mass is 16.5. The lowest BCUT2D eigenvalue weighted by Crippen LogP contribution is -2.44. The number of carbonyl (C=O) groups is 1. The molecule has 98 valence electrons. The summed E-state index contributed by atoms with van der Waals surface area (Å²) in [5, 5.41) is 9.43. The van der Waals surface area contributed by atoms with E-state index in [4.69, 9.17) is 4.74 Å². The highest BCUT2D eigenvalue weighted by molar-refractivity contribution is 5.74. The maximum absolute atomic E-state index is 11.5. The van der Waals surface area contributed by atoms with Crippen LogP contribution in [0.2, 0.25) is 0 Å². The molecular formula is C13H23NO3. The molecule has 0 aromatic rings. The van der Waals surface area contributed by atoms with Gasteiger partial charge in [0.25, 0.3) is 0 Å². The Kier molecular flexibility index (Phi) is 4.05. The zero-order valence-electron chi connectivity index (χ0n) is 10.8. The molecule has 2 fully saturated rings. The van der Waals surface area contributed by atoms with Gasteiger partial charge in [0.05, 0.1) is 0 Å². The molecule has 1 saturated carbocycles. The fraction of sp³-hybridized carbons (Fsp3) is 0.923. The summed E-state index contributed by atoms with van der Waals surface area (Å²) in [6.45, 7) is 3.79. The summed E-state index contributed by atoms with van der Waals surface area (Å²) < 4.78 is 5.09. The van der Waals surface area contributed by atoms with E-state index >= 15 is 0 Å². The number of hydrogen-bond acceptors (Lipinski definition) is 3. The van der Waals surface area contributed by atoms with Gasteiger partial charge in [-0.1, -0.05) is 6.42 Å². The zero-order valence-corrected chi connectivity index (χ0v) is 10.8. The van der Waals surface area contributed by atoms with Crippen molar-refractivity contribution in [3.05, 3.63) is 0 Å². The summed E-state index contributed by atoms with van der Waals surface area (Å²) >= 11 is 0. The number of carboxylic acids is 1. The lowest BCUT2D eigenvalue weighted by atomic mass is 9.94. The fourth-order valence-corrected chi connectivity index (χ4v) is 3.57. The molecule has 0 bridgehead atoms. The maximum Gasteiger partial charge on any atom is 0.321 e. The van der Waals surface area contributed by atoms with Gasteiger partial charge >= 0.3 is 5.97 Å². The molecule has 0 spiro atoms. The van der Waals surface area contributed by atoms with Gasteiger partial charge in [-0.25, -0.2) is 0 Å². The summed E-state index contributed by atoms with van der Waals surface area (Å²) in [4.78, 5) is 13.7. The molecule has 1 aliphatic heterocycles. The van der Waals surface area contributed by atoms with Crippen LogP contribution in [0.4, 0.5) is 0 Å². The van der Waals surface area contributed by atoms with E-state index < -0.39 is 5.97 Å². The van der Waals surface area contributed by atoms with E-state index in [2.05, 4.69) is 11.8 Å². The standard InChI is InChI=1S/C13H23NO3/c1-9(6-7-17-2)14-8-10-4-3-5-11(10)12(14)13(15)16/h9-12H,3-8H2,1-2H3,(H,15,16). The van der Waals surface area contributed by atoms with Gasteiger partial charge in [-0.2, -0.15) is 0 Å². The van der Waals surface area contributed by atoms with Crippen molar-refractivity contribution in [2.45, 2.75) is 44.7 Å². The van der Waals surface area contributed by atoms with Crippen LogP contribution in [0.25, 0.3) is 0 Å². The largest absolute Gasteiger partial charge is 0.480 e. The van der Waals surface area contributed by atoms with Crippen LogP contribution < -0.4 is 0 Å². The van der Waals surface area contributed by atoms with Crippen LogP contribution in [0.3, 0.4) is 0 Å². The molecule has 4 unspecified atom stereocenters. The van der Waals surface area contributed by atoms with Gasteiger partial charge in [0.15, 0.2) is 0 Å². The molecule has 17 heavy (non-hydrogen) atoms. The van der Waals surface area contributed by atoms with Crippen molar-refractivity contribution < 1.29 is 14.6 Å². The Morgan fingerprint density at radius 2 is 2.29 bits per heavy atom. The van der Waals surface area contributed by atoms with Crippen LogP contribution in [0.15, 0.2) is 0 Å². The van der Waals surface area contributed by atoms with Gasteiger partial charge < -0.3 is 9.84 Å². The van der Waals surface area contributed by atoms with Crippen LogP contribution in [0, 0.1) is 11.8 Å². The third-order valence-electron chi connectivity index (χ3n) is 4.48. The van der Waals surface area contributed by atoms with Crippen LogP contribution in [0.1, 0.15) is 32.6 Å². The molecule has 1 aliphatic carbocycles. The van der Waals surface area contributed by atoms with Crippen molar-refractivity contribution in [3.63, 3.8) is 0 Å². The number of ether oxygens (including phenoxy) is 1. The van der Waals surface area contributed by atoms with E-state index in [0.29, 0.717) is 24.5 Å². The second kappa shape index (κ2) is 5.36. The summed E-state index contributed by atoms with van der Waals surface area (Å²) in [6, 6.07) is 0.0519. The zero-order chi connectivity index (χ0) is 12.4. The molecule has 1 saturated heterocycles. The Morgan fingerprint density at radius 3 is 2.94 bits per heavy atom. The lowest BCUT2D eigenvalue weighted by Gasteiger charge is -2.30. The van der Waals surface area contributed by atoms with Gasteiger partial charge in [-0.05, 0) is 38.0 Å². The number of likely N-dealkylation sites (tertiary alicyclic amines) is 1. The molecule has 0 aromatic carbocycles. The van der Waals surface area contributed by atoms with E-state index in [1.54, 1.807) is 7.11 Å². The van der Waals surface area contributed by atoms with E-state index in [0.717, 1.165) is 19.4 Å². The normalized spacial score (nSPS) is 34.8. The van der Waals surface area contributed by atoms with Gasteiger partial charge in [-0.15, -0.1) is 0 Å². The first-order valence-corrected chi connectivity index (χ1v) is 6.62. The van der Waals surface area contributed by atoms with E-state index in [9.17, 15) is 9.90 Å². The molecule has 1 N–H and O–H groups in total. The Labute approximate surface area is 103 Å². The van der Waals surface area contributed by atoms with Gasteiger partial charge in [0.2, 0.25) is 0 Å². The van der Waals surface area contributed by atoms with Crippen LogP contribution in [0.5, 0.6) is 0 Å². The molecule has 0 aromatic heterocycles. The van der Waals surface area contributed by atoms with Gasteiger partial charge in [0, 0.05) is 26.3 Å². The predicted molar refractivity (Wildman–Crippen MR) is 64.9 cm³/mol. The molecule has 0 amide bonds. The molecule has 2 rings (SSSR count). The van der Waals surface area contributed by atoms with Crippen molar-refractivity contribution in [3.8, 4) is 0 Å². The average Bonchev–Trinajstić information content (AvgIpc) is 2.83. The van der Waals surface area contributed by atoms with Crippen molar-refractivity contribution in [2.24, 2.45) is 11.8 Å². The van der Waals surface area contributed by atoms with E-state index in [1.165, 1.54) is 12.8 Å². The van der Waals surface area contributed by atoms with Crippen LogP contribution in [-0.4, -0.2) is 48.3 Å². The first kappa shape index (κ1) is 12.8. The van der Waals surface area contributed by atoms with E-state index in [-0.39, 0.29) is 6.04 Å². The number of nitrogens with zero attached hydrogens (tertiary/aromatic N) is 1. The number of hydrogen-bond donors (Lipinski definition) is 1. The number of aliphatic carboxylic acids is 1. The summed E-state index contributed by atoms with van der Waals surface area (Å²) in [5.74, 6) is 0.363. The average molecular weight is 241 g/mol. The minimum Gasteiger partial charge on any atom is -0.480 e. The van der Waals surface area contributed by atoms with Gasteiger partial charge in [-0.3, -0.25) is 9.69 Å². The molecule has 1 heterocycles. The first-order chi connectivity index (χ1) is 8.15. The lowest BCUT2D eigenvalue weighted by molar-refractivity contribution is -0.144. The molecule has 2 aliphatic rings. The Morgan fingerprint density at radius 1 is 1.53 bits per heavy atom. The Bertz CT molecular complexity index is 282. The second-order valence-electron chi connectivity index (χ2n) is 5.47. The van der Waals surface area contributed by atoms with Crippen LogP contribution >= 0.6 is 0 Å². The number of methoxy groups -OCH3 is 1. The topological polar surface area (TPSA) is 49.8 Å². The highest BCUT2D eigenvalue weighted by Crippen LogP contribution is 2.43. The smallest absolute Gasteiger partial charge is 0.321 e. The maximum atomic E-state index is 11.5. The summed E-state index contributed by atoms with van der Waals surface area (Å²) in [6.07, 6.45) is 4.43. The third kappa shape index (κ3) is 2.47. The van der Waals surface area contributed by atoms with Crippen molar-refractivity contribution in [2.75, 3.05) is 20.3 Å². The monoisotopic (exact) mass is 241 g/mol. The number of fused-ring (bicyclic) bond motifs is 1. The molecule has 4 heteroatoms. The predicted octanol–water partition coefficient (Wildman–Crippen LogP) is 1.60. The van der Waals surface area contributed by atoms with Gasteiger partial charge in [0.1, 0.15) is 6.04 Å². The summed E-state index contributed by atoms with van der Waals surface area (Å²) in [5.41, 5.74) is 0. The van der Waals surface area contributed by atoms with E-state index in [1.807, 2.05) is 0 Å². The van der Waals surface area contributed by atoms with Crippen molar-refractivity contribution >= 4 is 5.97 Å². The quantitative estimate of drug-likeness (QED) is 0.794. The summed E-state index contributed by atoms with van der Waals surface area (Å²) in [7, 11) is 1.69. The van der Waals surface area contributed by atoms with Crippen LogP contribution in [-0.2, 0) is 9.53 Å². The molecule has 4 atom stereocenters.